The van der Waals surface area contributed by atoms with Gasteiger partial charge in [0.15, 0.2) is 0 Å². The summed E-state index contributed by atoms with van der Waals surface area (Å²) in [6.45, 7) is 4.25. The Morgan fingerprint density at radius 2 is 1.90 bits per heavy atom. The lowest BCUT2D eigenvalue weighted by Gasteiger charge is -2.34. The molecule has 1 aliphatic heterocycles. The molecule has 3 aliphatic rings. The van der Waals surface area contributed by atoms with Crippen LogP contribution in [0.1, 0.15) is 37.8 Å². The summed E-state index contributed by atoms with van der Waals surface area (Å²) in [5, 5.41) is 12.2. The fraction of sp³-hybridized carbons (Fsp3) is 0.522. The number of fused-ring (bicyclic) bond motifs is 1. The maximum absolute atomic E-state index is 8.66. The SMILES string of the molecule is CN1CCN(c2ccc3ncc(/C(=C/NC4CCC4)C(=N)C4CC4)nc3c2)CC1. The van der Waals surface area contributed by atoms with Crippen LogP contribution in [0.4, 0.5) is 5.69 Å². The number of aromatic nitrogens is 2. The molecule has 1 aromatic heterocycles. The summed E-state index contributed by atoms with van der Waals surface area (Å²) < 4.78 is 0. The predicted molar refractivity (Wildman–Crippen MR) is 118 cm³/mol. The van der Waals surface area contributed by atoms with Gasteiger partial charge in [0.05, 0.1) is 22.9 Å². The van der Waals surface area contributed by atoms with Crippen molar-refractivity contribution in [2.24, 2.45) is 5.92 Å². The number of benzene rings is 1. The molecule has 0 amide bonds. The van der Waals surface area contributed by atoms with Crippen molar-refractivity contribution < 1.29 is 0 Å². The fourth-order valence-corrected chi connectivity index (χ4v) is 4.05. The first-order valence-corrected chi connectivity index (χ1v) is 10.9. The van der Waals surface area contributed by atoms with Crippen molar-refractivity contribution in [3.8, 4) is 0 Å². The van der Waals surface area contributed by atoms with Crippen LogP contribution in [-0.2, 0) is 0 Å². The molecule has 0 bridgehead atoms. The molecule has 152 valence electrons. The van der Waals surface area contributed by atoms with Gasteiger partial charge in [0.25, 0.3) is 0 Å². The second-order valence-electron chi connectivity index (χ2n) is 8.76. The van der Waals surface area contributed by atoms with Gasteiger partial charge in [-0.1, -0.05) is 0 Å². The second kappa shape index (κ2) is 7.75. The number of nitrogens with zero attached hydrogens (tertiary/aromatic N) is 4. The summed E-state index contributed by atoms with van der Waals surface area (Å²) in [5.74, 6) is 0.388. The zero-order chi connectivity index (χ0) is 19.8. The number of nitrogens with one attached hydrogen (secondary N) is 2. The number of piperazine rings is 1. The topological polar surface area (TPSA) is 68.1 Å². The van der Waals surface area contributed by atoms with Gasteiger partial charge in [0.2, 0.25) is 0 Å². The lowest BCUT2D eigenvalue weighted by Crippen LogP contribution is -2.44. The van der Waals surface area contributed by atoms with Gasteiger partial charge in [-0.15, -0.1) is 0 Å². The highest BCUT2D eigenvalue weighted by molar-refractivity contribution is 6.23. The Labute approximate surface area is 172 Å². The molecule has 2 N–H and O–H groups in total. The zero-order valence-corrected chi connectivity index (χ0v) is 17.2. The van der Waals surface area contributed by atoms with Gasteiger partial charge < -0.3 is 20.5 Å². The quantitative estimate of drug-likeness (QED) is 0.741. The molecule has 5 rings (SSSR count). The van der Waals surface area contributed by atoms with Crippen LogP contribution in [0.15, 0.2) is 30.6 Å². The van der Waals surface area contributed by atoms with Crippen molar-refractivity contribution in [1.29, 1.82) is 5.41 Å². The maximum atomic E-state index is 8.66. The molecule has 1 saturated heterocycles. The first-order valence-electron chi connectivity index (χ1n) is 10.9. The van der Waals surface area contributed by atoms with E-state index in [0.29, 0.717) is 17.7 Å². The van der Waals surface area contributed by atoms with E-state index in [0.717, 1.165) is 61.3 Å². The summed E-state index contributed by atoms with van der Waals surface area (Å²) in [5.41, 5.74) is 5.48. The summed E-state index contributed by atoms with van der Waals surface area (Å²) in [6, 6.07) is 6.94. The number of hydrogen-bond acceptors (Lipinski definition) is 6. The summed E-state index contributed by atoms with van der Waals surface area (Å²) >= 11 is 0. The van der Waals surface area contributed by atoms with Gasteiger partial charge in [0, 0.05) is 61.3 Å². The molecule has 1 aromatic carbocycles. The molecule has 6 nitrogen and oxygen atoms in total. The molecule has 2 aromatic rings. The number of likely N-dealkylation sites (N-methyl/N-ethyl adjacent to an activating group) is 1. The van der Waals surface area contributed by atoms with Crippen LogP contribution in [0.2, 0.25) is 0 Å². The molecule has 29 heavy (non-hydrogen) atoms. The highest BCUT2D eigenvalue weighted by Gasteiger charge is 2.30. The van der Waals surface area contributed by atoms with Crippen LogP contribution in [-0.4, -0.2) is 59.8 Å². The van der Waals surface area contributed by atoms with Crippen LogP contribution >= 0.6 is 0 Å². The van der Waals surface area contributed by atoms with Gasteiger partial charge in [-0.3, -0.25) is 4.98 Å². The highest BCUT2D eigenvalue weighted by atomic mass is 15.2. The van der Waals surface area contributed by atoms with Gasteiger partial charge in [0.1, 0.15) is 0 Å². The Hall–Kier alpha value is -2.47. The predicted octanol–water partition coefficient (Wildman–Crippen LogP) is 3.29. The lowest BCUT2D eigenvalue weighted by molar-refractivity contribution is 0.313. The molecule has 3 fully saturated rings. The zero-order valence-electron chi connectivity index (χ0n) is 17.2. The molecule has 0 spiro atoms. The van der Waals surface area contributed by atoms with E-state index in [4.69, 9.17) is 10.4 Å². The average Bonchev–Trinajstić information content (AvgIpc) is 3.55. The number of anilines is 1. The summed E-state index contributed by atoms with van der Waals surface area (Å²) in [4.78, 5) is 14.4. The average molecular weight is 391 g/mol. The van der Waals surface area contributed by atoms with Crippen molar-refractivity contribution >= 4 is 28.0 Å². The molecular weight excluding hydrogens is 360 g/mol. The van der Waals surface area contributed by atoms with Crippen LogP contribution in [0.25, 0.3) is 16.6 Å². The third-order valence-electron chi connectivity index (χ3n) is 6.51. The summed E-state index contributed by atoms with van der Waals surface area (Å²) in [6.07, 6.45) is 9.85. The second-order valence-corrected chi connectivity index (χ2v) is 8.76. The van der Waals surface area contributed by atoms with E-state index in [9.17, 15) is 0 Å². The van der Waals surface area contributed by atoms with Gasteiger partial charge in [-0.25, -0.2) is 4.98 Å². The van der Waals surface area contributed by atoms with Gasteiger partial charge in [-0.05, 0) is 57.4 Å². The fourth-order valence-electron chi connectivity index (χ4n) is 4.05. The highest BCUT2D eigenvalue weighted by Crippen LogP contribution is 2.35. The summed E-state index contributed by atoms with van der Waals surface area (Å²) in [7, 11) is 2.18. The molecule has 6 heteroatoms. The maximum Gasteiger partial charge on any atom is 0.0925 e. The lowest BCUT2D eigenvalue weighted by atomic mass is 9.93. The molecule has 0 radical (unpaired) electrons. The van der Waals surface area contributed by atoms with E-state index in [-0.39, 0.29) is 0 Å². The minimum Gasteiger partial charge on any atom is -0.388 e. The van der Waals surface area contributed by atoms with Crippen LogP contribution in [0.5, 0.6) is 0 Å². The van der Waals surface area contributed by atoms with E-state index in [1.807, 2.05) is 12.4 Å². The van der Waals surface area contributed by atoms with Crippen molar-refractivity contribution in [3.05, 3.63) is 36.3 Å². The minimum atomic E-state index is 0.388. The Balaban J connectivity index is 1.45. The molecule has 0 unspecified atom stereocenters. The van der Waals surface area contributed by atoms with Gasteiger partial charge >= 0.3 is 0 Å². The molecule has 0 atom stereocenters. The van der Waals surface area contributed by atoms with E-state index in [2.05, 4.69) is 45.3 Å². The molecule has 2 saturated carbocycles. The molecule has 2 aliphatic carbocycles. The monoisotopic (exact) mass is 390 g/mol. The number of rotatable bonds is 6. The van der Waals surface area contributed by atoms with E-state index in [1.165, 1.54) is 24.9 Å². The van der Waals surface area contributed by atoms with Crippen LogP contribution in [0.3, 0.4) is 0 Å². The number of hydrogen-bond donors (Lipinski definition) is 2. The first-order chi connectivity index (χ1) is 14.2. The van der Waals surface area contributed by atoms with E-state index < -0.39 is 0 Å². The Bertz CT molecular complexity index is 936. The van der Waals surface area contributed by atoms with Crippen molar-refractivity contribution in [1.82, 2.24) is 20.2 Å². The van der Waals surface area contributed by atoms with Crippen molar-refractivity contribution in [3.63, 3.8) is 0 Å². The van der Waals surface area contributed by atoms with Crippen molar-refractivity contribution in [2.75, 3.05) is 38.1 Å². The van der Waals surface area contributed by atoms with E-state index in [1.54, 1.807) is 0 Å². The Morgan fingerprint density at radius 1 is 1.10 bits per heavy atom. The Kier molecular flexibility index (Phi) is 4.96. The normalized spacial score (nSPS) is 21.3. The molecule has 2 heterocycles. The third-order valence-corrected chi connectivity index (χ3v) is 6.51. The van der Waals surface area contributed by atoms with Crippen LogP contribution in [0, 0.1) is 11.3 Å². The minimum absolute atomic E-state index is 0.388. The number of allylic oxidation sites excluding steroid dienone is 1. The van der Waals surface area contributed by atoms with Crippen LogP contribution < -0.4 is 10.2 Å². The first kappa shape index (κ1) is 18.6. The standard InChI is InChI=1S/C23H30N6/c1-28-9-11-29(12-10-28)18-7-8-20-21(13-18)27-22(15-26-20)19(23(24)16-5-6-16)14-25-17-3-2-4-17/h7-8,13-17,24-25H,2-6,9-12H2,1H3/b19-14-,24-23?. The Morgan fingerprint density at radius 3 is 2.59 bits per heavy atom. The largest absolute Gasteiger partial charge is 0.388 e. The third kappa shape index (κ3) is 3.99. The van der Waals surface area contributed by atoms with Gasteiger partial charge in [-0.2, -0.15) is 0 Å². The van der Waals surface area contributed by atoms with Crippen molar-refractivity contribution in [2.45, 2.75) is 38.1 Å². The molecular formula is C23H30N6. The smallest absolute Gasteiger partial charge is 0.0925 e. The van der Waals surface area contributed by atoms with E-state index >= 15 is 0 Å².